The van der Waals surface area contributed by atoms with Crippen molar-refractivity contribution in [3.63, 3.8) is 0 Å². The number of nitriles is 1. The van der Waals surface area contributed by atoms with Gasteiger partial charge < -0.3 is 10.0 Å². The average Bonchev–Trinajstić information content (AvgIpc) is 2.48. The first kappa shape index (κ1) is 14.4. The highest BCUT2D eigenvalue weighted by Gasteiger charge is 2.41. The number of carbonyl (C=O) groups is 1. The van der Waals surface area contributed by atoms with Crippen molar-refractivity contribution in [3.05, 3.63) is 29.8 Å². The summed E-state index contributed by atoms with van der Waals surface area (Å²) in [6.07, 6.45) is 3.25. The molecule has 1 saturated heterocycles. The quantitative estimate of drug-likeness (QED) is 0.915. The van der Waals surface area contributed by atoms with E-state index in [0.717, 1.165) is 37.9 Å². The van der Waals surface area contributed by atoms with E-state index in [1.165, 1.54) is 0 Å². The van der Waals surface area contributed by atoms with Crippen LogP contribution < -0.4 is 4.90 Å². The van der Waals surface area contributed by atoms with Crippen molar-refractivity contribution in [2.45, 2.75) is 32.6 Å². The first-order valence-electron chi connectivity index (χ1n) is 7.10. The van der Waals surface area contributed by atoms with Gasteiger partial charge in [0.15, 0.2) is 0 Å². The third-order valence-electron chi connectivity index (χ3n) is 4.12. The Kier molecular flexibility index (Phi) is 4.29. The molecule has 0 aromatic heterocycles. The fraction of sp³-hybridized carbons (Fsp3) is 0.500. The van der Waals surface area contributed by atoms with Crippen molar-refractivity contribution >= 4 is 11.7 Å². The number of hydrogen-bond donors (Lipinski definition) is 1. The minimum Gasteiger partial charge on any atom is -0.481 e. The minimum absolute atomic E-state index is 0.558. The van der Waals surface area contributed by atoms with E-state index in [1.807, 2.05) is 19.1 Å². The number of anilines is 1. The second kappa shape index (κ2) is 5.96. The summed E-state index contributed by atoms with van der Waals surface area (Å²) < 4.78 is 0. The molecule has 1 fully saturated rings. The molecular weight excluding hydrogens is 252 g/mol. The van der Waals surface area contributed by atoms with Crippen LogP contribution in [0.4, 0.5) is 5.69 Å². The fourth-order valence-corrected chi connectivity index (χ4v) is 3.06. The number of aliphatic carboxylic acids is 1. The Hall–Kier alpha value is -2.02. The van der Waals surface area contributed by atoms with Gasteiger partial charge in [0.2, 0.25) is 0 Å². The number of carboxylic acid groups (broad SMARTS) is 1. The molecule has 106 valence electrons. The summed E-state index contributed by atoms with van der Waals surface area (Å²) in [6.45, 7) is 3.47. The molecule has 0 saturated carbocycles. The largest absolute Gasteiger partial charge is 0.481 e. The van der Waals surface area contributed by atoms with E-state index in [2.05, 4.69) is 11.0 Å². The van der Waals surface area contributed by atoms with Crippen molar-refractivity contribution in [2.24, 2.45) is 5.41 Å². The Morgan fingerprint density at radius 1 is 1.45 bits per heavy atom. The number of carboxylic acids is 1. The molecule has 0 aliphatic carbocycles. The molecule has 1 aromatic carbocycles. The lowest BCUT2D eigenvalue weighted by atomic mass is 9.76. The van der Waals surface area contributed by atoms with Crippen LogP contribution in [0, 0.1) is 16.7 Å². The smallest absolute Gasteiger partial charge is 0.311 e. The number of nitrogens with zero attached hydrogens (tertiary/aromatic N) is 2. The SMILES string of the molecule is CCCC1(C(=O)O)CCCN(c2ccc(C#N)cc2)C1. The van der Waals surface area contributed by atoms with Crippen LogP contribution in [-0.4, -0.2) is 24.2 Å². The first-order chi connectivity index (χ1) is 9.61. The molecule has 1 aliphatic heterocycles. The number of piperidine rings is 1. The maximum atomic E-state index is 11.7. The average molecular weight is 272 g/mol. The Bertz CT molecular complexity index is 514. The first-order valence-corrected chi connectivity index (χ1v) is 7.10. The lowest BCUT2D eigenvalue weighted by Gasteiger charge is -2.41. The summed E-state index contributed by atoms with van der Waals surface area (Å²) in [4.78, 5) is 13.8. The Balaban J connectivity index is 2.20. The Morgan fingerprint density at radius 3 is 2.70 bits per heavy atom. The van der Waals surface area contributed by atoms with Crippen molar-refractivity contribution in [1.29, 1.82) is 5.26 Å². The zero-order chi connectivity index (χ0) is 14.6. The third-order valence-corrected chi connectivity index (χ3v) is 4.12. The van der Waals surface area contributed by atoms with Gasteiger partial charge in [-0.2, -0.15) is 5.26 Å². The number of rotatable bonds is 4. The number of hydrogen-bond acceptors (Lipinski definition) is 3. The topological polar surface area (TPSA) is 64.3 Å². The molecule has 1 atom stereocenters. The van der Waals surface area contributed by atoms with Crippen molar-refractivity contribution in [3.8, 4) is 6.07 Å². The zero-order valence-electron chi connectivity index (χ0n) is 11.8. The molecule has 0 bridgehead atoms. The van der Waals surface area contributed by atoms with E-state index in [1.54, 1.807) is 12.1 Å². The molecule has 2 rings (SSSR count). The van der Waals surface area contributed by atoms with Crippen molar-refractivity contribution in [2.75, 3.05) is 18.0 Å². The molecule has 1 N–H and O–H groups in total. The van der Waals surface area contributed by atoms with Crippen LogP contribution in [0.5, 0.6) is 0 Å². The predicted molar refractivity (Wildman–Crippen MR) is 77.6 cm³/mol. The molecule has 1 aromatic rings. The van der Waals surface area contributed by atoms with E-state index in [-0.39, 0.29) is 0 Å². The lowest BCUT2D eigenvalue weighted by molar-refractivity contribution is -0.150. The van der Waals surface area contributed by atoms with E-state index in [9.17, 15) is 9.90 Å². The van der Waals surface area contributed by atoms with Crippen molar-refractivity contribution in [1.82, 2.24) is 0 Å². The van der Waals surface area contributed by atoms with Crippen LogP contribution in [0.3, 0.4) is 0 Å². The van der Waals surface area contributed by atoms with Gasteiger partial charge in [0, 0.05) is 18.8 Å². The molecule has 1 unspecified atom stereocenters. The minimum atomic E-state index is -0.683. The fourth-order valence-electron chi connectivity index (χ4n) is 3.06. The van der Waals surface area contributed by atoms with Gasteiger partial charge in [-0.05, 0) is 43.5 Å². The molecule has 1 aliphatic rings. The summed E-state index contributed by atoms with van der Waals surface area (Å²) in [5.41, 5.74) is 1.01. The second-order valence-corrected chi connectivity index (χ2v) is 5.52. The molecule has 20 heavy (non-hydrogen) atoms. The highest BCUT2D eigenvalue weighted by Crippen LogP contribution is 2.36. The normalized spacial score (nSPS) is 22.3. The highest BCUT2D eigenvalue weighted by molar-refractivity contribution is 5.76. The summed E-state index contributed by atoms with van der Waals surface area (Å²) >= 11 is 0. The van der Waals surface area contributed by atoms with E-state index in [4.69, 9.17) is 5.26 Å². The van der Waals surface area contributed by atoms with Gasteiger partial charge in [-0.15, -0.1) is 0 Å². The zero-order valence-corrected chi connectivity index (χ0v) is 11.8. The van der Waals surface area contributed by atoms with E-state index < -0.39 is 11.4 Å². The maximum absolute atomic E-state index is 11.7. The van der Waals surface area contributed by atoms with E-state index >= 15 is 0 Å². The number of benzene rings is 1. The summed E-state index contributed by atoms with van der Waals surface area (Å²) in [5, 5.41) is 18.4. The monoisotopic (exact) mass is 272 g/mol. The van der Waals surface area contributed by atoms with Crippen molar-refractivity contribution < 1.29 is 9.90 Å². The highest BCUT2D eigenvalue weighted by atomic mass is 16.4. The van der Waals surface area contributed by atoms with Crippen LogP contribution in [-0.2, 0) is 4.79 Å². The standard InChI is InChI=1S/C16H20N2O2/c1-2-8-16(15(19)20)9-3-10-18(12-16)14-6-4-13(11-17)5-7-14/h4-7H,2-3,8-10,12H2,1H3,(H,19,20). The molecular formula is C16H20N2O2. The molecule has 1 heterocycles. The second-order valence-electron chi connectivity index (χ2n) is 5.52. The molecule has 0 spiro atoms. The Morgan fingerprint density at radius 2 is 2.15 bits per heavy atom. The lowest BCUT2D eigenvalue weighted by Crippen LogP contribution is -2.48. The van der Waals surface area contributed by atoms with Gasteiger partial charge >= 0.3 is 5.97 Å². The van der Waals surface area contributed by atoms with Gasteiger partial charge in [0.25, 0.3) is 0 Å². The Labute approximate surface area is 119 Å². The summed E-state index contributed by atoms with van der Waals surface area (Å²) in [6, 6.07) is 9.48. The maximum Gasteiger partial charge on any atom is 0.311 e. The van der Waals surface area contributed by atoms with Gasteiger partial charge in [-0.3, -0.25) is 4.79 Å². The summed E-state index contributed by atoms with van der Waals surface area (Å²) in [5.74, 6) is -0.683. The van der Waals surface area contributed by atoms with Gasteiger partial charge in [0.1, 0.15) is 0 Å². The van der Waals surface area contributed by atoms with E-state index in [0.29, 0.717) is 12.1 Å². The molecule has 4 heteroatoms. The van der Waals surface area contributed by atoms with Crippen LogP contribution in [0.25, 0.3) is 0 Å². The van der Waals surface area contributed by atoms with Crippen LogP contribution >= 0.6 is 0 Å². The predicted octanol–water partition coefficient (Wildman–Crippen LogP) is 3.03. The van der Waals surface area contributed by atoms with Crippen LogP contribution in [0.2, 0.25) is 0 Å². The van der Waals surface area contributed by atoms with Crippen LogP contribution in [0.15, 0.2) is 24.3 Å². The van der Waals surface area contributed by atoms with Gasteiger partial charge in [-0.25, -0.2) is 0 Å². The summed E-state index contributed by atoms with van der Waals surface area (Å²) in [7, 11) is 0. The molecule has 0 radical (unpaired) electrons. The molecule has 0 amide bonds. The van der Waals surface area contributed by atoms with Gasteiger partial charge in [0.05, 0.1) is 17.0 Å². The molecule has 4 nitrogen and oxygen atoms in total. The van der Waals surface area contributed by atoms with Gasteiger partial charge in [-0.1, -0.05) is 13.3 Å². The van der Waals surface area contributed by atoms with Crippen LogP contribution in [0.1, 0.15) is 38.2 Å². The third kappa shape index (κ3) is 2.77.